The van der Waals surface area contributed by atoms with E-state index in [0.717, 1.165) is 9.26 Å². The van der Waals surface area contributed by atoms with E-state index < -0.39 is 10.0 Å². The average Bonchev–Trinajstić information content (AvgIpc) is 2.82. The summed E-state index contributed by atoms with van der Waals surface area (Å²) in [6, 6.07) is 15.5. The first kappa shape index (κ1) is 16.3. The number of sulfonamides is 1. The number of amides is 1. The Morgan fingerprint density at radius 3 is 2.56 bits per heavy atom. The first-order valence-corrected chi connectivity index (χ1v) is 10.1. The molecule has 4 rings (SSSR count). The summed E-state index contributed by atoms with van der Waals surface area (Å²) in [7, 11) is -2.09. The van der Waals surface area contributed by atoms with Gasteiger partial charge in [-0.15, -0.1) is 0 Å². The number of nitrogens with one attached hydrogen (secondary N) is 1. The number of hydrogen-bond acceptors (Lipinski definition) is 3. The lowest BCUT2D eigenvalue weighted by Crippen LogP contribution is -2.20. The van der Waals surface area contributed by atoms with Crippen LogP contribution < -0.4 is 9.62 Å². The Labute approximate surface area is 158 Å². The van der Waals surface area contributed by atoms with E-state index in [0.29, 0.717) is 22.0 Å². The maximum Gasteiger partial charge on any atom is 0.262 e. The van der Waals surface area contributed by atoms with Gasteiger partial charge in [-0.2, -0.15) is 0 Å². The molecule has 1 aliphatic heterocycles. The second kappa shape index (κ2) is 5.70. The number of benzene rings is 3. The number of hydrogen-bond donors (Lipinski definition) is 1. The molecule has 1 aliphatic rings. The summed E-state index contributed by atoms with van der Waals surface area (Å²) in [4.78, 5) is 14.0. The fourth-order valence-corrected chi connectivity index (χ4v) is 4.90. The number of nitrogens with zero attached hydrogens (tertiary/aromatic N) is 1. The molecule has 7 heteroatoms. The molecule has 0 aromatic heterocycles. The highest BCUT2D eigenvalue weighted by Gasteiger charge is 2.30. The van der Waals surface area contributed by atoms with Gasteiger partial charge in [0.05, 0.1) is 10.6 Å². The molecule has 0 radical (unpaired) electrons. The van der Waals surface area contributed by atoms with Crippen LogP contribution in [0.4, 0.5) is 11.4 Å². The van der Waals surface area contributed by atoms with E-state index in [1.807, 2.05) is 6.07 Å². The fourth-order valence-electron chi connectivity index (χ4n) is 3.11. The second-order valence-corrected chi connectivity index (χ2v) is 8.69. The minimum absolute atomic E-state index is 0.124. The SMILES string of the molecule is CN1C(=O)c2cccc3c(S(=O)(=O)Nc4cccc(I)c4)ccc1c23. The van der Waals surface area contributed by atoms with Crippen LogP contribution in [-0.4, -0.2) is 21.4 Å². The first-order valence-electron chi connectivity index (χ1n) is 7.51. The molecule has 1 N–H and O–H groups in total. The third kappa shape index (κ3) is 2.58. The molecule has 0 fully saturated rings. The lowest BCUT2D eigenvalue weighted by Gasteiger charge is -2.13. The molecule has 0 bridgehead atoms. The van der Waals surface area contributed by atoms with Gasteiger partial charge < -0.3 is 4.90 Å². The van der Waals surface area contributed by atoms with Crippen LogP contribution in [0.1, 0.15) is 10.4 Å². The summed E-state index contributed by atoms with van der Waals surface area (Å²) in [6.07, 6.45) is 0. The molecule has 0 spiro atoms. The van der Waals surface area contributed by atoms with Crippen molar-refractivity contribution < 1.29 is 13.2 Å². The van der Waals surface area contributed by atoms with Gasteiger partial charge in [-0.3, -0.25) is 9.52 Å². The summed E-state index contributed by atoms with van der Waals surface area (Å²) in [5.74, 6) is -0.124. The molecule has 0 atom stereocenters. The van der Waals surface area contributed by atoms with Crippen LogP contribution in [0.5, 0.6) is 0 Å². The molecule has 3 aromatic carbocycles. The van der Waals surface area contributed by atoms with Gasteiger partial charge in [-0.1, -0.05) is 18.2 Å². The molecule has 0 saturated heterocycles. The van der Waals surface area contributed by atoms with E-state index in [2.05, 4.69) is 27.3 Å². The van der Waals surface area contributed by atoms with Crippen molar-refractivity contribution in [3.05, 3.63) is 63.7 Å². The Morgan fingerprint density at radius 1 is 1.04 bits per heavy atom. The molecule has 0 aliphatic carbocycles. The van der Waals surface area contributed by atoms with Crippen LogP contribution in [0.15, 0.2) is 59.5 Å². The van der Waals surface area contributed by atoms with Gasteiger partial charge in [-0.05, 0) is 59.0 Å². The molecule has 0 unspecified atom stereocenters. The lowest BCUT2D eigenvalue weighted by atomic mass is 10.1. The monoisotopic (exact) mass is 464 g/mol. The maximum atomic E-state index is 12.9. The van der Waals surface area contributed by atoms with Crippen molar-refractivity contribution in [2.75, 3.05) is 16.7 Å². The predicted octanol–water partition coefficient (Wildman–Crippen LogP) is 3.84. The summed E-state index contributed by atoms with van der Waals surface area (Å²) < 4.78 is 29.4. The van der Waals surface area contributed by atoms with Crippen LogP contribution in [0.3, 0.4) is 0 Å². The van der Waals surface area contributed by atoms with Crippen molar-refractivity contribution in [2.45, 2.75) is 4.90 Å². The Morgan fingerprint density at radius 2 is 1.80 bits per heavy atom. The molecule has 0 saturated carbocycles. The van der Waals surface area contributed by atoms with Gasteiger partial charge in [0.1, 0.15) is 0 Å². The van der Waals surface area contributed by atoms with E-state index in [1.165, 1.54) is 0 Å². The Bertz CT molecular complexity index is 1140. The molecule has 1 amide bonds. The Balaban J connectivity index is 1.89. The van der Waals surface area contributed by atoms with E-state index in [9.17, 15) is 13.2 Å². The average molecular weight is 464 g/mol. The molecule has 5 nitrogen and oxygen atoms in total. The lowest BCUT2D eigenvalue weighted by molar-refractivity contribution is 0.0999. The van der Waals surface area contributed by atoms with Crippen LogP contribution in [0.2, 0.25) is 0 Å². The zero-order chi connectivity index (χ0) is 17.8. The van der Waals surface area contributed by atoms with Crippen molar-refractivity contribution in [3.8, 4) is 0 Å². The molecular formula is C18H13IN2O3S. The molecular weight excluding hydrogens is 451 g/mol. The topological polar surface area (TPSA) is 66.5 Å². The van der Waals surface area contributed by atoms with Gasteiger partial charge in [0.25, 0.3) is 15.9 Å². The van der Waals surface area contributed by atoms with Crippen molar-refractivity contribution >= 4 is 60.7 Å². The minimum Gasteiger partial charge on any atom is -0.311 e. The van der Waals surface area contributed by atoms with Crippen LogP contribution in [-0.2, 0) is 10.0 Å². The zero-order valence-corrected chi connectivity index (χ0v) is 16.1. The van der Waals surface area contributed by atoms with E-state index in [-0.39, 0.29) is 10.8 Å². The number of halogens is 1. The summed E-state index contributed by atoms with van der Waals surface area (Å²) >= 11 is 2.13. The van der Waals surface area contributed by atoms with Gasteiger partial charge >= 0.3 is 0 Å². The quantitative estimate of drug-likeness (QED) is 0.600. The fraction of sp³-hybridized carbons (Fsp3) is 0.0556. The highest BCUT2D eigenvalue weighted by atomic mass is 127. The first-order chi connectivity index (χ1) is 11.9. The molecule has 3 aromatic rings. The smallest absolute Gasteiger partial charge is 0.262 e. The van der Waals surface area contributed by atoms with E-state index in [1.54, 1.807) is 60.5 Å². The Kier molecular flexibility index (Phi) is 3.73. The standard InChI is InChI=1S/C18H13IN2O3S/c1-21-15-8-9-16(13-6-3-7-14(17(13)15)18(21)22)25(23,24)20-12-5-2-4-11(19)10-12/h2-10,20H,1H3. The zero-order valence-electron chi connectivity index (χ0n) is 13.2. The van der Waals surface area contributed by atoms with Crippen molar-refractivity contribution in [1.82, 2.24) is 0 Å². The summed E-state index contributed by atoms with van der Waals surface area (Å²) in [5, 5.41) is 1.23. The van der Waals surface area contributed by atoms with Crippen molar-refractivity contribution in [3.63, 3.8) is 0 Å². The summed E-state index contributed by atoms with van der Waals surface area (Å²) in [6.45, 7) is 0. The number of carbonyl (C=O) groups is 1. The molecule has 25 heavy (non-hydrogen) atoms. The third-order valence-electron chi connectivity index (χ3n) is 4.24. The second-order valence-electron chi connectivity index (χ2n) is 5.79. The van der Waals surface area contributed by atoms with Gasteiger partial charge in [0, 0.05) is 32.6 Å². The number of anilines is 2. The van der Waals surface area contributed by atoms with Crippen molar-refractivity contribution in [2.24, 2.45) is 0 Å². The number of rotatable bonds is 3. The molecule has 1 heterocycles. The highest BCUT2D eigenvalue weighted by molar-refractivity contribution is 14.1. The summed E-state index contributed by atoms with van der Waals surface area (Å²) in [5.41, 5.74) is 1.76. The third-order valence-corrected chi connectivity index (χ3v) is 6.35. The molecule has 126 valence electrons. The van der Waals surface area contributed by atoms with Crippen molar-refractivity contribution in [1.29, 1.82) is 0 Å². The Hall–Kier alpha value is -2.13. The van der Waals surface area contributed by atoms with E-state index >= 15 is 0 Å². The minimum atomic E-state index is -3.78. The van der Waals surface area contributed by atoms with Crippen LogP contribution in [0.25, 0.3) is 10.8 Å². The predicted molar refractivity (Wildman–Crippen MR) is 107 cm³/mol. The van der Waals surface area contributed by atoms with Gasteiger partial charge in [0.2, 0.25) is 0 Å². The largest absolute Gasteiger partial charge is 0.311 e. The highest BCUT2D eigenvalue weighted by Crippen LogP contribution is 2.39. The number of carbonyl (C=O) groups excluding carboxylic acids is 1. The maximum absolute atomic E-state index is 12.9. The van der Waals surface area contributed by atoms with Crippen LogP contribution >= 0.6 is 22.6 Å². The normalized spacial score (nSPS) is 13.5. The van der Waals surface area contributed by atoms with Gasteiger partial charge in [0.15, 0.2) is 0 Å². The van der Waals surface area contributed by atoms with Crippen LogP contribution in [0, 0.1) is 3.57 Å². The van der Waals surface area contributed by atoms with Gasteiger partial charge in [-0.25, -0.2) is 8.42 Å². The van der Waals surface area contributed by atoms with E-state index in [4.69, 9.17) is 0 Å².